The molecule has 0 atom stereocenters. The summed E-state index contributed by atoms with van der Waals surface area (Å²) in [6, 6.07) is 5.07. The monoisotopic (exact) mass is 273 g/mol. The highest BCUT2D eigenvalue weighted by atomic mass is 19.4. The second-order valence-corrected chi connectivity index (χ2v) is 3.81. The molecule has 0 saturated heterocycles. The summed E-state index contributed by atoms with van der Waals surface area (Å²) in [5, 5.41) is 11.4. The van der Waals surface area contributed by atoms with Gasteiger partial charge in [0.05, 0.1) is 5.56 Å². The van der Waals surface area contributed by atoms with Gasteiger partial charge in [0.2, 0.25) is 0 Å². The number of anilines is 1. The number of nitrogens with one attached hydrogen (secondary N) is 1. The molecule has 0 aliphatic rings. The van der Waals surface area contributed by atoms with E-state index in [0.717, 1.165) is 6.07 Å². The minimum absolute atomic E-state index is 0.0303. The van der Waals surface area contributed by atoms with Crippen LogP contribution in [0.3, 0.4) is 0 Å². The fourth-order valence-corrected chi connectivity index (χ4v) is 1.55. The maximum Gasteiger partial charge on any atom is 0.418 e. The molecule has 0 aliphatic carbocycles. The van der Waals surface area contributed by atoms with Crippen LogP contribution in [0.2, 0.25) is 0 Å². The van der Waals surface area contributed by atoms with Gasteiger partial charge in [-0.05, 0) is 18.6 Å². The van der Waals surface area contributed by atoms with E-state index < -0.39 is 17.7 Å². The Morgan fingerprint density at radius 3 is 2.53 bits per heavy atom. The second-order valence-electron chi connectivity index (χ2n) is 3.81. The van der Waals surface area contributed by atoms with Gasteiger partial charge in [0.15, 0.2) is 0 Å². The fraction of sp³-hybridized carbons (Fsp3) is 0.308. The predicted molar refractivity (Wildman–Crippen MR) is 65.9 cm³/mol. The van der Waals surface area contributed by atoms with Crippen LogP contribution < -0.4 is 5.32 Å². The SMILES string of the molecule is CC/C(=C/CNc1ccccc1C(F)(F)F)C(=O)O. The van der Waals surface area contributed by atoms with E-state index in [1.165, 1.54) is 24.3 Å². The van der Waals surface area contributed by atoms with Crippen LogP contribution in [0, 0.1) is 0 Å². The summed E-state index contributed by atoms with van der Waals surface area (Å²) >= 11 is 0. The van der Waals surface area contributed by atoms with Gasteiger partial charge in [0.1, 0.15) is 0 Å². The van der Waals surface area contributed by atoms with Gasteiger partial charge in [-0.1, -0.05) is 25.1 Å². The number of carbonyl (C=O) groups is 1. The lowest BCUT2D eigenvalue weighted by Crippen LogP contribution is -2.11. The third-order valence-corrected chi connectivity index (χ3v) is 2.53. The van der Waals surface area contributed by atoms with E-state index in [0.29, 0.717) is 6.42 Å². The average molecular weight is 273 g/mol. The maximum atomic E-state index is 12.7. The van der Waals surface area contributed by atoms with Crippen LogP contribution in [0.5, 0.6) is 0 Å². The van der Waals surface area contributed by atoms with Crippen molar-refractivity contribution in [2.24, 2.45) is 0 Å². The molecule has 2 N–H and O–H groups in total. The van der Waals surface area contributed by atoms with E-state index in [4.69, 9.17) is 5.11 Å². The third-order valence-electron chi connectivity index (χ3n) is 2.53. The van der Waals surface area contributed by atoms with Crippen molar-refractivity contribution in [2.75, 3.05) is 11.9 Å². The number of aliphatic carboxylic acids is 1. The summed E-state index contributed by atoms with van der Waals surface area (Å²) in [4.78, 5) is 10.7. The molecule has 0 aliphatic heterocycles. The number of para-hydroxylation sites is 1. The topological polar surface area (TPSA) is 49.3 Å². The molecule has 104 valence electrons. The highest BCUT2D eigenvalue weighted by Gasteiger charge is 2.32. The zero-order valence-corrected chi connectivity index (χ0v) is 10.3. The van der Waals surface area contributed by atoms with E-state index in [2.05, 4.69) is 5.32 Å². The number of carboxylic acid groups (broad SMARTS) is 1. The van der Waals surface area contributed by atoms with Crippen molar-refractivity contribution < 1.29 is 23.1 Å². The van der Waals surface area contributed by atoms with Gasteiger partial charge in [-0.15, -0.1) is 0 Å². The zero-order chi connectivity index (χ0) is 14.5. The molecule has 0 amide bonds. The lowest BCUT2D eigenvalue weighted by Gasteiger charge is -2.13. The smallest absolute Gasteiger partial charge is 0.418 e. The van der Waals surface area contributed by atoms with Crippen molar-refractivity contribution in [3.05, 3.63) is 41.5 Å². The highest BCUT2D eigenvalue weighted by molar-refractivity contribution is 5.86. The van der Waals surface area contributed by atoms with Gasteiger partial charge in [0.25, 0.3) is 0 Å². The van der Waals surface area contributed by atoms with Gasteiger partial charge >= 0.3 is 12.1 Å². The van der Waals surface area contributed by atoms with Crippen LogP contribution in [-0.2, 0) is 11.0 Å². The van der Waals surface area contributed by atoms with E-state index in [-0.39, 0.29) is 17.8 Å². The molecule has 0 radical (unpaired) electrons. The van der Waals surface area contributed by atoms with Gasteiger partial charge < -0.3 is 10.4 Å². The third kappa shape index (κ3) is 4.31. The number of hydrogen-bond acceptors (Lipinski definition) is 2. The van der Waals surface area contributed by atoms with Gasteiger partial charge in [-0.3, -0.25) is 0 Å². The molecular formula is C13H14F3NO2. The van der Waals surface area contributed by atoms with Crippen molar-refractivity contribution in [3.63, 3.8) is 0 Å². The average Bonchev–Trinajstić information content (AvgIpc) is 2.33. The van der Waals surface area contributed by atoms with Crippen molar-refractivity contribution in [1.82, 2.24) is 0 Å². The Hall–Kier alpha value is -1.98. The van der Waals surface area contributed by atoms with E-state index in [1.54, 1.807) is 6.92 Å². The molecule has 0 unspecified atom stereocenters. The van der Waals surface area contributed by atoms with Crippen LogP contribution in [0.15, 0.2) is 35.9 Å². The van der Waals surface area contributed by atoms with Gasteiger partial charge in [0, 0.05) is 17.8 Å². The number of benzene rings is 1. The molecule has 0 aromatic heterocycles. The first-order chi connectivity index (χ1) is 8.86. The quantitative estimate of drug-likeness (QED) is 0.807. The normalized spacial score (nSPS) is 12.3. The Kier molecular flexibility index (Phi) is 4.97. The van der Waals surface area contributed by atoms with E-state index in [1.807, 2.05) is 0 Å². The lowest BCUT2D eigenvalue weighted by molar-refractivity contribution is -0.137. The lowest BCUT2D eigenvalue weighted by atomic mass is 10.1. The summed E-state index contributed by atoms with van der Waals surface area (Å²) in [7, 11) is 0. The first kappa shape index (κ1) is 15.1. The fourth-order valence-electron chi connectivity index (χ4n) is 1.55. The van der Waals surface area contributed by atoms with E-state index >= 15 is 0 Å². The van der Waals surface area contributed by atoms with Crippen molar-refractivity contribution in [3.8, 4) is 0 Å². The maximum absolute atomic E-state index is 12.7. The standard InChI is InChI=1S/C13H14F3NO2/c1-2-9(12(18)19)7-8-17-11-6-4-3-5-10(11)13(14,15)16/h3-7,17H,2,8H2,1H3,(H,18,19)/b9-7-. The Bertz CT molecular complexity index is 481. The Morgan fingerprint density at radius 2 is 2.00 bits per heavy atom. The second kappa shape index (κ2) is 6.26. The van der Waals surface area contributed by atoms with Crippen LogP contribution in [0.1, 0.15) is 18.9 Å². The van der Waals surface area contributed by atoms with Crippen LogP contribution in [-0.4, -0.2) is 17.6 Å². The van der Waals surface area contributed by atoms with Crippen LogP contribution >= 0.6 is 0 Å². The Morgan fingerprint density at radius 1 is 1.37 bits per heavy atom. The molecule has 6 heteroatoms. The molecule has 19 heavy (non-hydrogen) atoms. The molecule has 3 nitrogen and oxygen atoms in total. The molecule has 0 bridgehead atoms. The van der Waals surface area contributed by atoms with E-state index in [9.17, 15) is 18.0 Å². The Balaban J connectivity index is 2.82. The summed E-state index contributed by atoms with van der Waals surface area (Å²) in [6.45, 7) is 1.70. The molecular weight excluding hydrogens is 259 g/mol. The number of halogens is 3. The van der Waals surface area contributed by atoms with Gasteiger partial charge in [-0.2, -0.15) is 13.2 Å². The minimum atomic E-state index is -4.44. The summed E-state index contributed by atoms with van der Waals surface area (Å²) in [6.07, 6.45) is -2.75. The predicted octanol–water partition coefficient (Wildman–Crippen LogP) is 3.54. The summed E-state index contributed by atoms with van der Waals surface area (Å²) in [5.74, 6) is -1.06. The minimum Gasteiger partial charge on any atom is -0.478 e. The highest BCUT2D eigenvalue weighted by Crippen LogP contribution is 2.34. The van der Waals surface area contributed by atoms with Crippen LogP contribution in [0.4, 0.5) is 18.9 Å². The molecule has 1 aromatic carbocycles. The van der Waals surface area contributed by atoms with Crippen molar-refractivity contribution in [2.45, 2.75) is 19.5 Å². The number of alkyl halides is 3. The number of hydrogen-bond donors (Lipinski definition) is 2. The number of rotatable bonds is 5. The summed E-state index contributed by atoms with van der Waals surface area (Å²) < 4.78 is 38.0. The molecule has 0 saturated carbocycles. The molecule has 1 rings (SSSR count). The van der Waals surface area contributed by atoms with Crippen molar-refractivity contribution in [1.29, 1.82) is 0 Å². The Labute approximate surface area is 108 Å². The molecule has 0 fully saturated rings. The molecule has 1 aromatic rings. The summed E-state index contributed by atoms with van der Waals surface area (Å²) in [5.41, 5.74) is -0.666. The van der Waals surface area contributed by atoms with Crippen LogP contribution in [0.25, 0.3) is 0 Å². The van der Waals surface area contributed by atoms with Gasteiger partial charge in [-0.25, -0.2) is 4.79 Å². The molecule has 0 heterocycles. The van der Waals surface area contributed by atoms with Crippen molar-refractivity contribution >= 4 is 11.7 Å². The first-order valence-electron chi connectivity index (χ1n) is 5.68. The number of carboxylic acids is 1. The largest absolute Gasteiger partial charge is 0.478 e. The first-order valence-corrected chi connectivity index (χ1v) is 5.68. The molecule has 0 spiro atoms. The zero-order valence-electron chi connectivity index (χ0n) is 10.3.